The van der Waals surface area contributed by atoms with E-state index in [1.807, 2.05) is 0 Å². The van der Waals surface area contributed by atoms with E-state index in [1.165, 1.54) is 12.1 Å². The Morgan fingerprint density at radius 3 is 2.74 bits per heavy atom. The summed E-state index contributed by atoms with van der Waals surface area (Å²) >= 11 is 0. The van der Waals surface area contributed by atoms with Crippen molar-refractivity contribution in [1.82, 2.24) is 4.98 Å². The Morgan fingerprint density at radius 2 is 2.05 bits per heavy atom. The first-order valence-corrected chi connectivity index (χ1v) is 6.70. The molecule has 0 saturated heterocycles. The standard InChI is InChI=1S/C15H16FNO2/c1-9(18)10-2-4-11(5-3-10)15-17-13-8-12(16)6-7-14(13)19-15/h6-8,10-11H,2-5H2,1H3. The molecule has 1 aromatic carbocycles. The minimum absolute atomic E-state index is 0.193. The van der Waals surface area contributed by atoms with E-state index in [2.05, 4.69) is 4.98 Å². The van der Waals surface area contributed by atoms with Crippen molar-refractivity contribution in [2.24, 2.45) is 5.92 Å². The van der Waals surface area contributed by atoms with Gasteiger partial charge in [0.25, 0.3) is 0 Å². The molecule has 1 saturated carbocycles. The molecule has 0 N–H and O–H groups in total. The fourth-order valence-corrected chi connectivity index (χ4v) is 2.84. The van der Waals surface area contributed by atoms with E-state index in [1.54, 1.807) is 13.0 Å². The monoisotopic (exact) mass is 261 g/mol. The molecule has 2 aromatic rings. The molecular formula is C15H16FNO2. The van der Waals surface area contributed by atoms with Crippen LogP contribution in [0.3, 0.4) is 0 Å². The van der Waals surface area contributed by atoms with Crippen molar-refractivity contribution in [2.75, 3.05) is 0 Å². The third kappa shape index (κ3) is 2.39. The van der Waals surface area contributed by atoms with E-state index in [0.717, 1.165) is 25.7 Å². The number of ketones is 1. The Bertz CT molecular complexity index is 612. The maximum Gasteiger partial charge on any atom is 0.198 e. The van der Waals surface area contributed by atoms with Crippen molar-refractivity contribution in [3.63, 3.8) is 0 Å². The van der Waals surface area contributed by atoms with Gasteiger partial charge < -0.3 is 4.42 Å². The van der Waals surface area contributed by atoms with Crippen LogP contribution < -0.4 is 0 Å². The fourth-order valence-electron chi connectivity index (χ4n) is 2.84. The molecule has 3 rings (SSSR count). The molecule has 0 aliphatic heterocycles. The lowest BCUT2D eigenvalue weighted by molar-refractivity contribution is -0.121. The highest BCUT2D eigenvalue weighted by atomic mass is 19.1. The molecule has 0 spiro atoms. The van der Waals surface area contributed by atoms with Gasteiger partial charge in [0.05, 0.1) is 0 Å². The van der Waals surface area contributed by atoms with Crippen LogP contribution in [0.2, 0.25) is 0 Å². The van der Waals surface area contributed by atoms with Crippen LogP contribution in [0.4, 0.5) is 4.39 Å². The molecule has 1 aliphatic rings. The van der Waals surface area contributed by atoms with Crippen molar-refractivity contribution in [3.05, 3.63) is 29.9 Å². The average molecular weight is 261 g/mol. The number of Topliss-reactive ketones (excluding diaryl/α,β-unsaturated/α-hetero) is 1. The topological polar surface area (TPSA) is 43.1 Å². The third-order valence-electron chi connectivity index (χ3n) is 4.02. The van der Waals surface area contributed by atoms with Crippen LogP contribution in [0.1, 0.15) is 44.4 Å². The predicted octanol–water partition coefficient (Wildman–Crippen LogP) is 3.83. The Hall–Kier alpha value is -1.71. The van der Waals surface area contributed by atoms with Gasteiger partial charge >= 0.3 is 0 Å². The third-order valence-corrected chi connectivity index (χ3v) is 4.02. The van der Waals surface area contributed by atoms with E-state index in [0.29, 0.717) is 17.0 Å². The largest absolute Gasteiger partial charge is 0.440 e. The number of hydrogen-bond donors (Lipinski definition) is 0. The first-order valence-electron chi connectivity index (χ1n) is 6.70. The molecule has 1 fully saturated rings. The summed E-state index contributed by atoms with van der Waals surface area (Å²) in [6.07, 6.45) is 3.62. The molecule has 0 bridgehead atoms. The van der Waals surface area contributed by atoms with Gasteiger partial charge in [0.2, 0.25) is 0 Å². The number of halogens is 1. The van der Waals surface area contributed by atoms with Gasteiger partial charge in [-0.15, -0.1) is 0 Å². The van der Waals surface area contributed by atoms with E-state index in [-0.39, 0.29) is 23.4 Å². The molecule has 0 atom stereocenters. The minimum atomic E-state index is -0.298. The molecular weight excluding hydrogens is 245 g/mol. The van der Waals surface area contributed by atoms with E-state index in [9.17, 15) is 9.18 Å². The maximum absolute atomic E-state index is 13.1. The smallest absolute Gasteiger partial charge is 0.198 e. The van der Waals surface area contributed by atoms with Crippen LogP contribution in [0, 0.1) is 11.7 Å². The van der Waals surface area contributed by atoms with Gasteiger partial charge in [0, 0.05) is 17.9 Å². The van der Waals surface area contributed by atoms with E-state index < -0.39 is 0 Å². The van der Waals surface area contributed by atoms with Gasteiger partial charge in [0.1, 0.15) is 17.1 Å². The second-order valence-electron chi connectivity index (χ2n) is 5.32. The quantitative estimate of drug-likeness (QED) is 0.825. The lowest BCUT2D eigenvalue weighted by Gasteiger charge is -2.24. The summed E-state index contributed by atoms with van der Waals surface area (Å²) < 4.78 is 18.8. The first-order chi connectivity index (χ1) is 9.13. The number of fused-ring (bicyclic) bond motifs is 1. The maximum atomic E-state index is 13.1. The lowest BCUT2D eigenvalue weighted by atomic mass is 9.80. The highest BCUT2D eigenvalue weighted by molar-refractivity contribution is 5.78. The number of aromatic nitrogens is 1. The van der Waals surface area contributed by atoms with Crippen LogP contribution in [0.5, 0.6) is 0 Å². The van der Waals surface area contributed by atoms with Gasteiger partial charge in [-0.25, -0.2) is 9.37 Å². The van der Waals surface area contributed by atoms with Gasteiger partial charge in [-0.3, -0.25) is 4.79 Å². The van der Waals surface area contributed by atoms with Crippen molar-refractivity contribution in [3.8, 4) is 0 Å². The second kappa shape index (κ2) is 4.76. The summed E-state index contributed by atoms with van der Waals surface area (Å²) in [6.45, 7) is 1.66. The Kier molecular flexibility index (Phi) is 3.09. The minimum Gasteiger partial charge on any atom is -0.440 e. The predicted molar refractivity (Wildman–Crippen MR) is 69.3 cm³/mol. The highest BCUT2D eigenvalue weighted by Crippen LogP contribution is 2.36. The van der Waals surface area contributed by atoms with Gasteiger partial charge in [-0.1, -0.05) is 0 Å². The summed E-state index contributed by atoms with van der Waals surface area (Å²) in [5.74, 6) is 1.11. The number of oxazole rings is 1. The Labute approximate surface area is 110 Å². The fraction of sp³-hybridized carbons (Fsp3) is 0.467. The molecule has 0 unspecified atom stereocenters. The number of hydrogen-bond acceptors (Lipinski definition) is 3. The van der Waals surface area contributed by atoms with Gasteiger partial charge in [0.15, 0.2) is 11.5 Å². The molecule has 4 heteroatoms. The van der Waals surface area contributed by atoms with Crippen molar-refractivity contribution in [1.29, 1.82) is 0 Å². The molecule has 0 radical (unpaired) electrons. The molecule has 0 amide bonds. The summed E-state index contributed by atoms with van der Waals surface area (Å²) in [6, 6.07) is 4.38. The van der Waals surface area contributed by atoms with Crippen molar-refractivity contribution >= 4 is 16.9 Å². The highest BCUT2D eigenvalue weighted by Gasteiger charge is 2.27. The zero-order chi connectivity index (χ0) is 13.4. The Morgan fingerprint density at radius 1 is 1.32 bits per heavy atom. The summed E-state index contributed by atoms with van der Waals surface area (Å²) in [7, 11) is 0. The number of carbonyl (C=O) groups excluding carboxylic acids is 1. The van der Waals surface area contributed by atoms with Crippen LogP contribution in [0.15, 0.2) is 22.6 Å². The summed E-state index contributed by atoms with van der Waals surface area (Å²) in [5, 5.41) is 0. The van der Waals surface area contributed by atoms with Crippen molar-refractivity contribution in [2.45, 2.75) is 38.5 Å². The molecule has 100 valence electrons. The van der Waals surface area contributed by atoms with Gasteiger partial charge in [-0.05, 0) is 44.7 Å². The zero-order valence-corrected chi connectivity index (χ0v) is 10.9. The number of rotatable bonds is 2. The summed E-state index contributed by atoms with van der Waals surface area (Å²) in [4.78, 5) is 15.7. The van der Waals surface area contributed by atoms with Crippen LogP contribution in [-0.2, 0) is 4.79 Å². The van der Waals surface area contributed by atoms with Crippen molar-refractivity contribution < 1.29 is 13.6 Å². The molecule has 3 nitrogen and oxygen atoms in total. The Balaban J connectivity index is 1.80. The van der Waals surface area contributed by atoms with Crippen LogP contribution >= 0.6 is 0 Å². The first kappa shape index (κ1) is 12.3. The molecule has 1 heterocycles. The zero-order valence-electron chi connectivity index (χ0n) is 10.9. The molecule has 1 aromatic heterocycles. The normalized spacial score (nSPS) is 23.7. The molecule has 1 aliphatic carbocycles. The average Bonchev–Trinajstić information content (AvgIpc) is 2.81. The number of nitrogens with zero attached hydrogens (tertiary/aromatic N) is 1. The number of carbonyl (C=O) groups is 1. The van der Waals surface area contributed by atoms with E-state index >= 15 is 0 Å². The SMILES string of the molecule is CC(=O)C1CCC(c2nc3cc(F)ccc3o2)CC1. The van der Waals surface area contributed by atoms with Crippen LogP contribution in [-0.4, -0.2) is 10.8 Å². The van der Waals surface area contributed by atoms with Gasteiger partial charge in [-0.2, -0.15) is 0 Å². The van der Waals surface area contributed by atoms with E-state index in [4.69, 9.17) is 4.42 Å². The molecule has 19 heavy (non-hydrogen) atoms. The summed E-state index contributed by atoms with van der Waals surface area (Å²) in [5.41, 5.74) is 1.20. The second-order valence-corrected chi connectivity index (χ2v) is 5.32. The van der Waals surface area contributed by atoms with Crippen LogP contribution in [0.25, 0.3) is 11.1 Å². The lowest BCUT2D eigenvalue weighted by Crippen LogP contribution is -2.19. The number of benzene rings is 1.